The molecule has 2 aromatic carbocycles. The molecule has 148 valence electrons. The van der Waals surface area contributed by atoms with Gasteiger partial charge in [-0.05, 0) is 23.8 Å². The average molecular weight is 398 g/mol. The molecule has 1 fully saturated rings. The van der Waals surface area contributed by atoms with Gasteiger partial charge in [0, 0.05) is 42.4 Å². The van der Waals surface area contributed by atoms with Crippen molar-refractivity contribution in [3.8, 4) is 11.3 Å². The number of anilines is 1. The Bertz CT molecular complexity index is 1280. The number of ether oxygens (including phenoxy) is 1. The van der Waals surface area contributed by atoms with Crippen LogP contribution < -0.4 is 4.90 Å². The van der Waals surface area contributed by atoms with Gasteiger partial charge in [0.25, 0.3) is 0 Å². The lowest BCUT2D eigenvalue weighted by Crippen LogP contribution is -2.36. The van der Waals surface area contributed by atoms with Crippen LogP contribution in [-0.2, 0) is 11.2 Å². The minimum absolute atomic E-state index is 0.0676. The predicted octanol–water partition coefficient (Wildman–Crippen LogP) is 2.75. The number of rotatable bonds is 6. The number of benzene rings is 2. The van der Waals surface area contributed by atoms with Crippen LogP contribution in [0.15, 0.2) is 60.8 Å². The highest BCUT2D eigenvalue weighted by molar-refractivity contribution is 5.97. The molecule has 0 aliphatic carbocycles. The summed E-state index contributed by atoms with van der Waals surface area (Å²) < 4.78 is 68.6. The number of Topliss-reactive ketones (excluding diaryl/α,β-unsaturated/α-hetero) is 1. The van der Waals surface area contributed by atoms with Crippen molar-refractivity contribution in [1.82, 2.24) is 9.97 Å². The van der Waals surface area contributed by atoms with Crippen LogP contribution in [0.4, 0.5) is 5.69 Å². The molecule has 3 aromatic rings. The van der Waals surface area contributed by atoms with Crippen molar-refractivity contribution in [2.45, 2.75) is 6.42 Å². The highest BCUT2D eigenvalue weighted by atomic mass is 16.5. The van der Waals surface area contributed by atoms with Crippen LogP contribution in [0.3, 0.4) is 0 Å². The molecule has 0 amide bonds. The molecule has 1 aliphatic heterocycles. The topological polar surface area (TPSA) is 75.5 Å². The minimum Gasteiger partial charge on any atom is -0.388 e. The summed E-state index contributed by atoms with van der Waals surface area (Å²) in [5.74, 6) is 0.0781. The molecular weight excluding hydrogens is 366 g/mol. The monoisotopic (exact) mass is 397 g/mol. The Hall–Kier alpha value is -3.09. The van der Waals surface area contributed by atoms with Crippen LogP contribution in [0.5, 0.6) is 0 Å². The van der Waals surface area contributed by atoms with Crippen molar-refractivity contribution in [3.05, 3.63) is 77.7 Å². The number of hydrogen-bond donors (Lipinski definition) is 1. The second-order valence-electron chi connectivity index (χ2n) is 6.23. The van der Waals surface area contributed by atoms with Gasteiger partial charge in [-0.15, -0.1) is 0 Å². The summed E-state index contributed by atoms with van der Waals surface area (Å²) in [6, 6.07) is 14.2. The van der Waals surface area contributed by atoms with Crippen LogP contribution in [0, 0.1) is 0 Å². The van der Waals surface area contributed by atoms with Gasteiger partial charge in [0.05, 0.1) is 29.8 Å². The first-order chi connectivity index (χ1) is 17.2. The van der Waals surface area contributed by atoms with E-state index in [0.717, 1.165) is 5.56 Å². The molecule has 1 aromatic heterocycles. The number of aliphatic hydroxyl groups is 1. The molecule has 1 aliphatic rings. The molecule has 0 bridgehead atoms. The maximum atomic E-state index is 11.6. The highest BCUT2D eigenvalue weighted by Gasteiger charge is 2.11. The summed E-state index contributed by atoms with van der Waals surface area (Å²) in [4.78, 5) is 20.9. The van der Waals surface area contributed by atoms with Crippen molar-refractivity contribution in [2.24, 2.45) is 0 Å². The summed E-state index contributed by atoms with van der Waals surface area (Å²) >= 11 is 0. The molecule has 0 atom stereocenters. The van der Waals surface area contributed by atoms with Crippen LogP contribution in [-0.4, -0.2) is 53.6 Å². The molecule has 4 rings (SSSR count). The lowest BCUT2D eigenvalue weighted by atomic mass is 10.1. The van der Waals surface area contributed by atoms with Gasteiger partial charge in [-0.2, -0.15) is 0 Å². The number of aliphatic hydroxyl groups excluding tert-OH is 1. The van der Waals surface area contributed by atoms with E-state index in [1.54, 1.807) is 48.7 Å². The number of carbonyl (C=O) groups is 1. The number of ketones is 1. The fraction of sp³-hybridized carbons (Fsp3) is 0.261. The van der Waals surface area contributed by atoms with E-state index in [1.165, 1.54) is 12.1 Å². The Balaban J connectivity index is 1.58. The molecular formula is C23H23N3O3. The lowest BCUT2D eigenvalue weighted by Gasteiger charge is -2.28. The average Bonchev–Trinajstić information content (AvgIpc) is 2.83. The highest BCUT2D eigenvalue weighted by Crippen LogP contribution is 2.20. The van der Waals surface area contributed by atoms with Gasteiger partial charge in [0.1, 0.15) is 12.4 Å². The fourth-order valence-electron chi connectivity index (χ4n) is 2.83. The van der Waals surface area contributed by atoms with Crippen LogP contribution >= 0.6 is 0 Å². The van der Waals surface area contributed by atoms with Gasteiger partial charge < -0.3 is 14.7 Å². The Morgan fingerprint density at radius 1 is 1.07 bits per heavy atom. The van der Waals surface area contributed by atoms with Gasteiger partial charge >= 0.3 is 0 Å². The Morgan fingerprint density at radius 2 is 1.79 bits per heavy atom. The van der Waals surface area contributed by atoms with E-state index in [0.29, 0.717) is 27.5 Å². The normalized spacial score (nSPS) is 25.1. The zero-order chi connectivity index (χ0) is 27.2. The molecule has 0 radical (unpaired) electrons. The first-order valence-electron chi connectivity index (χ1n) is 12.9. The number of carbonyl (C=O) groups excluding carboxylic acids is 1. The first-order valence-corrected chi connectivity index (χ1v) is 8.85. The molecule has 1 N–H and O–H groups in total. The zero-order valence-corrected chi connectivity index (χ0v) is 15.3. The van der Waals surface area contributed by atoms with Crippen molar-refractivity contribution >= 4 is 11.5 Å². The summed E-state index contributed by atoms with van der Waals surface area (Å²) in [7, 11) is 0. The third-order valence-corrected chi connectivity index (χ3v) is 4.33. The van der Waals surface area contributed by atoms with E-state index >= 15 is 0 Å². The summed E-state index contributed by atoms with van der Waals surface area (Å²) in [5, 5.41) is 8.99. The second kappa shape index (κ2) is 8.94. The van der Waals surface area contributed by atoms with E-state index < -0.39 is 32.7 Å². The Kier molecular flexibility index (Phi) is 3.64. The van der Waals surface area contributed by atoms with E-state index in [4.69, 9.17) is 16.1 Å². The molecule has 0 spiro atoms. The molecule has 29 heavy (non-hydrogen) atoms. The largest absolute Gasteiger partial charge is 0.388 e. The third-order valence-electron chi connectivity index (χ3n) is 4.33. The molecule has 1 saturated heterocycles. The SMILES string of the molecule is [2H]C1([2H])OC([2H])([2H])C([2H])([2H])N(c2ccc(Cc3nccc(-c4ccc(C(=O)CO)cc4)n3)cc2)C1([2H])[2H]. The number of hydrogen-bond acceptors (Lipinski definition) is 6. The molecule has 6 nitrogen and oxygen atoms in total. The zero-order valence-electron chi connectivity index (χ0n) is 23.3. The van der Waals surface area contributed by atoms with E-state index in [2.05, 4.69) is 14.7 Å². The van der Waals surface area contributed by atoms with Crippen LogP contribution in [0.1, 0.15) is 32.7 Å². The summed E-state index contributed by atoms with van der Waals surface area (Å²) in [6.07, 6.45) is 1.86. The fourth-order valence-corrected chi connectivity index (χ4v) is 2.83. The smallest absolute Gasteiger partial charge is 0.188 e. The van der Waals surface area contributed by atoms with Gasteiger partial charge in [0.2, 0.25) is 0 Å². The number of nitrogens with zero attached hydrogens (tertiary/aromatic N) is 3. The number of morpholine rings is 1. The molecule has 6 heteroatoms. The number of aromatic nitrogens is 2. The van der Waals surface area contributed by atoms with Crippen LogP contribution in [0.25, 0.3) is 11.3 Å². The van der Waals surface area contributed by atoms with Crippen molar-refractivity contribution in [1.29, 1.82) is 0 Å². The first kappa shape index (κ1) is 11.8. The molecule has 0 unspecified atom stereocenters. The van der Waals surface area contributed by atoms with Crippen molar-refractivity contribution < 1.29 is 25.6 Å². The standard InChI is InChI=1S/C23H23N3O3/c27-16-22(28)19-5-3-18(4-6-19)21-9-10-24-23(25-21)15-17-1-7-20(8-2-17)26-11-13-29-14-12-26/h1-10,27H,11-16H2/i11D2,12D2,13D2,14D2. The van der Waals surface area contributed by atoms with E-state index in [9.17, 15) is 4.79 Å². The third kappa shape index (κ3) is 4.67. The van der Waals surface area contributed by atoms with Crippen molar-refractivity contribution in [3.63, 3.8) is 0 Å². The van der Waals surface area contributed by atoms with Crippen LogP contribution in [0.2, 0.25) is 0 Å². The van der Waals surface area contributed by atoms with Crippen molar-refractivity contribution in [2.75, 3.05) is 37.6 Å². The minimum atomic E-state index is -3.13. The lowest BCUT2D eigenvalue weighted by molar-refractivity contribution is 0.0903. The maximum absolute atomic E-state index is 11.6. The van der Waals surface area contributed by atoms with Gasteiger partial charge in [-0.25, -0.2) is 9.97 Å². The van der Waals surface area contributed by atoms with Gasteiger partial charge in [-0.3, -0.25) is 4.79 Å². The predicted molar refractivity (Wildman–Crippen MR) is 111 cm³/mol. The van der Waals surface area contributed by atoms with Gasteiger partial charge in [0.15, 0.2) is 5.78 Å². The summed E-state index contributed by atoms with van der Waals surface area (Å²) in [6.45, 7) is -12.9. The molecule has 2 heterocycles. The summed E-state index contributed by atoms with van der Waals surface area (Å²) in [5.41, 5.74) is 2.38. The van der Waals surface area contributed by atoms with E-state index in [1.807, 2.05) is 0 Å². The molecule has 0 saturated carbocycles. The quantitative estimate of drug-likeness (QED) is 0.645. The van der Waals surface area contributed by atoms with Gasteiger partial charge in [-0.1, -0.05) is 36.4 Å². The maximum Gasteiger partial charge on any atom is 0.188 e. The second-order valence-corrected chi connectivity index (χ2v) is 6.23. The van der Waals surface area contributed by atoms with E-state index in [-0.39, 0.29) is 17.9 Å². The Labute approximate surface area is 181 Å². The Morgan fingerprint density at radius 3 is 2.48 bits per heavy atom.